The number of hydrogen-bond donors (Lipinski definition) is 1. The maximum Gasteiger partial charge on any atom is 0.277 e. The average Bonchev–Trinajstić information content (AvgIpc) is 3.03. The van der Waals surface area contributed by atoms with Crippen molar-refractivity contribution in [3.05, 3.63) is 23.4 Å². The number of nitrogens with zero attached hydrogens (tertiary/aromatic N) is 3. The summed E-state index contributed by atoms with van der Waals surface area (Å²) in [4.78, 5) is 41.6. The Bertz CT molecular complexity index is 881. The number of aryl methyl sites for hydroxylation is 1. The molecule has 3 amide bonds. The second-order valence-corrected chi connectivity index (χ2v) is 14.7. The molecule has 1 aromatic rings. The van der Waals surface area contributed by atoms with E-state index in [2.05, 4.69) is 62.6 Å². The number of nitrogens with one attached hydrogen (secondary N) is 1. The van der Waals surface area contributed by atoms with Crippen molar-refractivity contribution in [2.45, 2.75) is 78.6 Å². The molecule has 1 aromatic heterocycles. The molecule has 2 heterocycles. The highest BCUT2D eigenvalue weighted by Gasteiger charge is 2.37. The molecule has 172 valence electrons. The second-order valence-electron chi connectivity index (χ2n) is 9.84. The van der Waals surface area contributed by atoms with Crippen molar-refractivity contribution in [3.8, 4) is 0 Å². The van der Waals surface area contributed by atoms with Crippen LogP contribution in [0.1, 0.15) is 65.3 Å². The Morgan fingerprint density at radius 2 is 1.97 bits per heavy atom. The molecule has 1 aliphatic heterocycles. The molecule has 1 saturated heterocycles. The predicted octanol–water partition coefficient (Wildman–Crippen LogP) is 3.26. The minimum Gasteiger partial charge on any atom is -0.417 e. The Hall–Kier alpha value is -2.26. The van der Waals surface area contributed by atoms with Crippen molar-refractivity contribution in [2.75, 3.05) is 13.2 Å². The maximum absolute atomic E-state index is 12.6. The van der Waals surface area contributed by atoms with E-state index < -0.39 is 26.0 Å². The van der Waals surface area contributed by atoms with Gasteiger partial charge in [-0.3, -0.25) is 19.3 Å². The fraction of sp³-hybridized carbons (Fsp3) is 0.636. The molecule has 9 heteroatoms. The zero-order valence-corrected chi connectivity index (χ0v) is 21.0. The van der Waals surface area contributed by atoms with Gasteiger partial charge in [-0.05, 0) is 36.5 Å². The van der Waals surface area contributed by atoms with Crippen LogP contribution in [0, 0.1) is 0 Å². The van der Waals surface area contributed by atoms with E-state index in [1.54, 1.807) is 12.4 Å². The van der Waals surface area contributed by atoms with Gasteiger partial charge in [0.2, 0.25) is 11.8 Å². The molecule has 1 fully saturated rings. The minimum atomic E-state index is -1.78. The van der Waals surface area contributed by atoms with Gasteiger partial charge in [0, 0.05) is 25.8 Å². The number of rotatable bonds is 7. The monoisotopic (exact) mass is 448 g/mol. The summed E-state index contributed by atoms with van der Waals surface area (Å²) < 4.78 is 8.34. The third-order valence-corrected chi connectivity index (χ3v) is 10.5. The van der Waals surface area contributed by atoms with Gasteiger partial charge in [0.25, 0.3) is 5.91 Å². The normalized spacial score (nSPS) is 16.9. The number of carbonyl (C=O) groups is 3. The smallest absolute Gasteiger partial charge is 0.277 e. The standard InChI is InChI=1S/C22H36N4O4Si/c1-15(2)20-17(12-18-21(29)26(16(3)27)13-19(28)24-18)23-14-25(20)10-9-11-30-31(7,8)22(4,5)6/h12,14-15H,9-11,13H2,1-8H3,(H,24,28). The quantitative estimate of drug-likeness (QED) is 0.393. The van der Waals surface area contributed by atoms with Gasteiger partial charge in [-0.1, -0.05) is 34.6 Å². The van der Waals surface area contributed by atoms with Gasteiger partial charge in [0.05, 0.1) is 12.0 Å². The van der Waals surface area contributed by atoms with Gasteiger partial charge >= 0.3 is 0 Å². The Morgan fingerprint density at radius 3 is 2.52 bits per heavy atom. The highest BCUT2D eigenvalue weighted by atomic mass is 28.4. The van der Waals surface area contributed by atoms with E-state index in [9.17, 15) is 14.4 Å². The van der Waals surface area contributed by atoms with Crippen molar-refractivity contribution in [1.29, 1.82) is 0 Å². The number of aromatic nitrogens is 2. The number of hydrogen-bond acceptors (Lipinski definition) is 5. The summed E-state index contributed by atoms with van der Waals surface area (Å²) in [5.41, 5.74) is 1.66. The Labute approximate surface area is 186 Å². The van der Waals surface area contributed by atoms with Gasteiger partial charge in [-0.15, -0.1) is 0 Å². The van der Waals surface area contributed by atoms with Crippen molar-refractivity contribution in [2.24, 2.45) is 0 Å². The number of carbonyl (C=O) groups excluding carboxylic acids is 3. The summed E-state index contributed by atoms with van der Waals surface area (Å²) in [6.07, 6.45) is 4.17. The molecule has 0 bridgehead atoms. The zero-order chi connectivity index (χ0) is 23.6. The van der Waals surface area contributed by atoms with Gasteiger partial charge in [-0.2, -0.15) is 0 Å². The van der Waals surface area contributed by atoms with E-state index in [0.717, 1.165) is 23.6 Å². The molecule has 31 heavy (non-hydrogen) atoms. The maximum atomic E-state index is 12.6. The van der Waals surface area contributed by atoms with Crippen molar-refractivity contribution < 1.29 is 18.8 Å². The van der Waals surface area contributed by atoms with Crippen molar-refractivity contribution in [3.63, 3.8) is 0 Å². The predicted molar refractivity (Wildman–Crippen MR) is 123 cm³/mol. The van der Waals surface area contributed by atoms with Crippen LogP contribution in [0.2, 0.25) is 18.1 Å². The number of imide groups is 1. The third kappa shape index (κ3) is 5.91. The molecule has 2 rings (SSSR count). The highest BCUT2D eigenvalue weighted by Crippen LogP contribution is 2.36. The lowest BCUT2D eigenvalue weighted by atomic mass is 10.1. The SMILES string of the molecule is CC(=O)N1CC(=O)NC(=Cc2ncn(CCCO[Si](C)(C)C(C)(C)C)c2C(C)C)C1=O. The van der Waals surface area contributed by atoms with E-state index in [0.29, 0.717) is 12.3 Å². The van der Waals surface area contributed by atoms with E-state index in [1.165, 1.54) is 6.92 Å². The topological polar surface area (TPSA) is 93.5 Å². The first-order valence-corrected chi connectivity index (χ1v) is 13.7. The van der Waals surface area contributed by atoms with Crippen LogP contribution in [0.3, 0.4) is 0 Å². The third-order valence-electron chi connectivity index (χ3n) is 5.98. The minimum absolute atomic E-state index is 0.0693. The number of piperazine rings is 1. The van der Waals surface area contributed by atoms with E-state index >= 15 is 0 Å². The van der Waals surface area contributed by atoms with Gasteiger partial charge in [0.15, 0.2) is 8.32 Å². The fourth-order valence-corrected chi connectivity index (χ4v) is 4.28. The summed E-state index contributed by atoms with van der Waals surface area (Å²) in [6, 6.07) is 0. The molecule has 1 aliphatic rings. The van der Waals surface area contributed by atoms with Crippen LogP contribution in [-0.2, 0) is 25.4 Å². The first-order valence-electron chi connectivity index (χ1n) is 10.8. The Balaban J connectivity index is 2.17. The lowest BCUT2D eigenvalue weighted by Gasteiger charge is -2.36. The van der Waals surface area contributed by atoms with Crippen LogP contribution in [0.4, 0.5) is 0 Å². The molecule has 0 aliphatic carbocycles. The highest BCUT2D eigenvalue weighted by molar-refractivity contribution is 6.74. The second kappa shape index (κ2) is 9.48. The zero-order valence-electron chi connectivity index (χ0n) is 20.0. The van der Waals surface area contributed by atoms with Crippen molar-refractivity contribution >= 4 is 32.1 Å². The molecule has 0 radical (unpaired) electrons. The lowest BCUT2D eigenvalue weighted by Crippen LogP contribution is -2.51. The van der Waals surface area contributed by atoms with Crippen LogP contribution in [0.15, 0.2) is 12.0 Å². The van der Waals surface area contributed by atoms with E-state index in [4.69, 9.17) is 4.43 Å². The van der Waals surface area contributed by atoms with Crippen molar-refractivity contribution in [1.82, 2.24) is 19.8 Å². The van der Waals surface area contributed by atoms with Crippen LogP contribution < -0.4 is 5.32 Å². The molecule has 1 N–H and O–H groups in total. The Morgan fingerprint density at radius 1 is 1.32 bits per heavy atom. The summed E-state index contributed by atoms with van der Waals surface area (Å²) in [5.74, 6) is -1.20. The van der Waals surface area contributed by atoms with E-state index in [1.807, 2.05) is 0 Å². The summed E-state index contributed by atoms with van der Waals surface area (Å²) in [6.45, 7) is 17.7. The van der Waals surface area contributed by atoms with Crippen LogP contribution in [0.25, 0.3) is 6.08 Å². The fourth-order valence-electron chi connectivity index (χ4n) is 3.20. The average molecular weight is 449 g/mol. The van der Waals surface area contributed by atoms with Crippen LogP contribution in [-0.4, -0.2) is 53.6 Å². The number of amides is 3. The summed E-state index contributed by atoms with van der Waals surface area (Å²) in [5, 5.41) is 2.75. The number of imidazole rings is 1. The molecule has 8 nitrogen and oxygen atoms in total. The summed E-state index contributed by atoms with van der Waals surface area (Å²) >= 11 is 0. The van der Waals surface area contributed by atoms with Gasteiger partial charge in [0.1, 0.15) is 12.2 Å². The molecule has 0 unspecified atom stereocenters. The molecule has 0 saturated carbocycles. The molecular formula is C22H36N4O4Si. The lowest BCUT2D eigenvalue weighted by molar-refractivity contribution is -0.147. The van der Waals surface area contributed by atoms with Crippen LogP contribution >= 0.6 is 0 Å². The molecule has 0 atom stereocenters. The Kier molecular flexibility index (Phi) is 7.64. The van der Waals surface area contributed by atoms with Gasteiger partial charge in [-0.25, -0.2) is 4.98 Å². The molecule has 0 spiro atoms. The van der Waals surface area contributed by atoms with E-state index in [-0.39, 0.29) is 23.2 Å². The first-order chi connectivity index (χ1) is 14.2. The molecule has 0 aromatic carbocycles. The first kappa shape index (κ1) is 25.0. The molecular weight excluding hydrogens is 412 g/mol. The summed E-state index contributed by atoms with van der Waals surface area (Å²) in [7, 11) is -1.78. The van der Waals surface area contributed by atoms with Gasteiger partial charge < -0.3 is 14.3 Å². The van der Waals surface area contributed by atoms with Crippen LogP contribution in [0.5, 0.6) is 0 Å². The largest absolute Gasteiger partial charge is 0.417 e.